The summed E-state index contributed by atoms with van der Waals surface area (Å²) in [6.07, 6.45) is 0. The highest BCUT2D eigenvalue weighted by atomic mass is 16.7. The first-order valence-electron chi connectivity index (χ1n) is 7.21. The Morgan fingerprint density at radius 1 is 1.04 bits per heavy atom. The van der Waals surface area contributed by atoms with Gasteiger partial charge in [0.25, 0.3) is 11.8 Å². The van der Waals surface area contributed by atoms with Gasteiger partial charge in [0.2, 0.25) is 0 Å². The normalized spacial score (nSPS) is 13.5. The van der Waals surface area contributed by atoms with Gasteiger partial charge in [0, 0.05) is 0 Å². The molecule has 0 spiro atoms. The van der Waals surface area contributed by atoms with Crippen molar-refractivity contribution in [2.45, 2.75) is 6.92 Å². The molecule has 0 bridgehead atoms. The quantitative estimate of drug-likeness (QED) is 0.731. The Kier molecular flexibility index (Phi) is 2.96. The molecule has 1 N–H and O–H groups in total. The molecule has 0 fully saturated rings. The number of fused-ring (bicyclic) bond motifs is 2. The van der Waals surface area contributed by atoms with Crippen molar-refractivity contribution in [3.05, 3.63) is 65.0 Å². The summed E-state index contributed by atoms with van der Waals surface area (Å²) >= 11 is 0. The van der Waals surface area contributed by atoms with Gasteiger partial charge in [-0.05, 0) is 31.2 Å². The third-order valence-corrected chi connectivity index (χ3v) is 3.78. The predicted molar refractivity (Wildman–Crippen MR) is 83.2 cm³/mol. The maximum Gasteiger partial charge on any atom is 0.366 e. The summed E-state index contributed by atoms with van der Waals surface area (Å²) in [5, 5.41) is 0.491. The number of benzene rings is 2. The molecule has 0 atom stereocenters. The Balaban J connectivity index is 1.68. The molecule has 0 aliphatic carbocycles. The smallest absolute Gasteiger partial charge is 0.342 e. The second-order valence-electron chi connectivity index (χ2n) is 5.35. The number of aromatic amines is 1. The fourth-order valence-corrected chi connectivity index (χ4v) is 2.70. The van der Waals surface area contributed by atoms with E-state index < -0.39 is 17.8 Å². The van der Waals surface area contributed by atoms with Crippen LogP contribution in [-0.4, -0.2) is 32.8 Å². The number of imidazole rings is 1. The van der Waals surface area contributed by atoms with Crippen LogP contribution >= 0.6 is 0 Å². The fraction of sp³-hybridized carbons (Fsp3) is 0.0588. The summed E-state index contributed by atoms with van der Waals surface area (Å²) in [6.45, 7) is 1.76. The van der Waals surface area contributed by atoms with Crippen molar-refractivity contribution in [1.82, 2.24) is 15.0 Å². The third kappa shape index (κ3) is 1.98. The van der Waals surface area contributed by atoms with Crippen molar-refractivity contribution < 1.29 is 19.2 Å². The zero-order valence-corrected chi connectivity index (χ0v) is 12.6. The Morgan fingerprint density at radius 3 is 2.38 bits per heavy atom. The van der Waals surface area contributed by atoms with Gasteiger partial charge in [0.05, 0.1) is 22.2 Å². The zero-order valence-electron chi connectivity index (χ0n) is 12.6. The van der Waals surface area contributed by atoms with Gasteiger partial charge >= 0.3 is 5.97 Å². The number of carbonyl (C=O) groups is 3. The molecule has 0 radical (unpaired) electrons. The van der Waals surface area contributed by atoms with Gasteiger partial charge in [0.1, 0.15) is 11.3 Å². The van der Waals surface area contributed by atoms with Crippen LogP contribution < -0.4 is 0 Å². The number of imide groups is 1. The molecule has 2 amide bonds. The van der Waals surface area contributed by atoms with E-state index in [9.17, 15) is 14.4 Å². The van der Waals surface area contributed by atoms with Gasteiger partial charge in [-0.3, -0.25) is 9.59 Å². The maximum absolute atomic E-state index is 12.4. The molecule has 0 saturated carbocycles. The summed E-state index contributed by atoms with van der Waals surface area (Å²) in [6, 6.07) is 11.3. The number of hydrogen-bond donors (Lipinski definition) is 1. The highest BCUT2D eigenvalue weighted by Gasteiger charge is 2.39. The largest absolute Gasteiger partial charge is 0.366 e. The minimum atomic E-state index is -0.818. The van der Waals surface area contributed by atoms with Gasteiger partial charge in [-0.2, -0.15) is 0 Å². The Morgan fingerprint density at radius 2 is 1.71 bits per heavy atom. The van der Waals surface area contributed by atoms with Crippen LogP contribution in [0.15, 0.2) is 42.5 Å². The zero-order chi connectivity index (χ0) is 16.8. The van der Waals surface area contributed by atoms with Gasteiger partial charge in [0.15, 0.2) is 0 Å². The van der Waals surface area contributed by atoms with Gasteiger partial charge in [-0.1, -0.05) is 23.3 Å². The van der Waals surface area contributed by atoms with Crippen LogP contribution in [0.3, 0.4) is 0 Å². The number of hydroxylamine groups is 2. The lowest BCUT2D eigenvalue weighted by Crippen LogP contribution is -2.32. The number of hydrogen-bond acceptors (Lipinski definition) is 5. The van der Waals surface area contributed by atoms with Crippen LogP contribution in [0.25, 0.3) is 11.0 Å². The summed E-state index contributed by atoms with van der Waals surface area (Å²) < 4.78 is 0. The number of para-hydroxylation sites is 1. The standard InChI is InChI=1S/C17H11N3O4/c1-9-18-13-8-4-7-12(14(13)19-9)17(23)24-20-15(21)10-5-2-3-6-11(10)16(20)22/h2-8H,1H3,(H,18,19). The molecule has 1 aliphatic rings. The van der Waals surface area contributed by atoms with Gasteiger partial charge < -0.3 is 9.82 Å². The predicted octanol–water partition coefficient (Wildman–Crippen LogP) is 2.24. The van der Waals surface area contributed by atoms with Crippen LogP contribution in [0, 0.1) is 6.92 Å². The highest BCUT2D eigenvalue weighted by molar-refractivity contribution is 6.21. The van der Waals surface area contributed by atoms with E-state index in [2.05, 4.69) is 9.97 Å². The molecule has 0 saturated heterocycles. The molecule has 2 heterocycles. The summed E-state index contributed by atoms with van der Waals surface area (Å²) in [5.41, 5.74) is 1.70. The maximum atomic E-state index is 12.4. The Bertz CT molecular complexity index is 987. The van der Waals surface area contributed by atoms with Crippen molar-refractivity contribution in [1.29, 1.82) is 0 Å². The van der Waals surface area contributed by atoms with Crippen molar-refractivity contribution >= 4 is 28.8 Å². The number of aromatic nitrogens is 2. The minimum absolute atomic E-state index is 0.174. The first-order valence-corrected chi connectivity index (χ1v) is 7.21. The lowest BCUT2D eigenvalue weighted by atomic mass is 10.1. The molecule has 1 aromatic heterocycles. The monoisotopic (exact) mass is 321 g/mol. The van der Waals surface area contributed by atoms with Gasteiger partial charge in [-0.15, -0.1) is 0 Å². The molecule has 2 aromatic carbocycles. The SMILES string of the molecule is Cc1nc2c(C(=O)ON3C(=O)c4ccccc4C3=O)cccc2[nH]1. The van der Waals surface area contributed by atoms with E-state index in [1.165, 1.54) is 18.2 Å². The second-order valence-corrected chi connectivity index (χ2v) is 5.35. The molecule has 0 unspecified atom stereocenters. The van der Waals surface area contributed by atoms with Crippen LogP contribution in [0.2, 0.25) is 0 Å². The molecule has 4 rings (SSSR count). The molecule has 118 valence electrons. The molecule has 7 nitrogen and oxygen atoms in total. The van der Waals surface area contributed by atoms with Crippen LogP contribution in [0.4, 0.5) is 0 Å². The van der Waals surface area contributed by atoms with E-state index in [4.69, 9.17) is 4.84 Å². The number of rotatable bonds is 2. The molecular formula is C17H11N3O4. The summed E-state index contributed by atoms with van der Waals surface area (Å²) in [5.74, 6) is -1.49. The lowest BCUT2D eigenvalue weighted by molar-refractivity contribution is -0.0583. The fourth-order valence-electron chi connectivity index (χ4n) is 2.70. The number of H-pyrrole nitrogens is 1. The Hall–Kier alpha value is -3.48. The number of carbonyl (C=O) groups excluding carboxylic acids is 3. The van der Waals surface area contributed by atoms with E-state index in [1.807, 2.05) is 0 Å². The van der Waals surface area contributed by atoms with E-state index in [-0.39, 0.29) is 16.7 Å². The third-order valence-electron chi connectivity index (χ3n) is 3.78. The van der Waals surface area contributed by atoms with E-state index in [0.717, 1.165) is 0 Å². The molecule has 24 heavy (non-hydrogen) atoms. The van der Waals surface area contributed by atoms with E-state index in [0.29, 0.717) is 21.9 Å². The van der Waals surface area contributed by atoms with Crippen molar-refractivity contribution in [3.63, 3.8) is 0 Å². The molecule has 1 aliphatic heterocycles. The molecule has 7 heteroatoms. The number of nitrogens with one attached hydrogen (secondary N) is 1. The van der Waals surface area contributed by atoms with Crippen LogP contribution in [0.1, 0.15) is 36.9 Å². The Labute approximate surface area is 135 Å². The lowest BCUT2D eigenvalue weighted by Gasteiger charge is -2.12. The minimum Gasteiger partial charge on any atom is -0.342 e. The molecular weight excluding hydrogens is 310 g/mol. The average molecular weight is 321 g/mol. The van der Waals surface area contributed by atoms with E-state index in [1.54, 1.807) is 31.2 Å². The number of nitrogens with zero attached hydrogens (tertiary/aromatic N) is 2. The number of amides is 2. The molecule has 3 aromatic rings. The second kappa shape index (κ2) is 5.02. The first-order chi connectivity index (χ1) is 11.6. The van der Waals surface area contributed by atoms with E-state index >= 15 is 0 Å². The number of aryl methyl sites for hydroxylation is 1. The summed E-state index contributed by atoms with van der Waals surface area (Å²) in [4.78, 5) is 49.3. The van der Waals surface area contributed by atoms with Gasteiger partial charge in [-0.25, -0.2) is 9.78 Å². The summed E-state index contributed by atoms with van der Waals surface area (Å²) in [7, 11) is 0. The van der Waals surface area contributed by atoms with Crippen LogP contribution in [-0.2, 0) is 4.84 Å². The topological polar surface area (TPSA) is 92.4 Å². The highest BCUT2D eigenvalue weighted by Crippen LogP contribution is 2.24. The van der Waals surface area contributed by atoms with Crippen molar-refractivity contribution in [2.24, 2.45) is 0 Å². The van der Waals surface area contributed by atoms with Crippen molar-refractivity contribution in [3.8, 4) is 0 Å². The van der Waals surface area contributed by atoms with Crippen LogP contribution in [0.5, 0.6) is 0 Å². The average Bonchev–Trinajstić information content (AvgIpc) is 3.07. The first kappa shape index (κ1) is 14.1. The van der Waals surface area contributed by atoms with Crippen molar-refractivity contribution in [2.75, 3.05) is 0 Å².